The number of nitrogens with zero attached hydrogens (tertiary/aromatic N) is 5. The van der Waals surface area contributed by atoms with Gasteiger partial charge in [-0.2, -0.15) is 4.98 Å². The summed E-state index contributed by atoms with van der Waals surface area (Å²) in [5.74, 6) is 0.0480. The van der Waals surface area contributed by atoms with Crippen LogP contribution in [0.3, 0.4) is 0 Å². The van der Waals surface area contributed by atoms with Crippen molar-refractivity contribution in [3.63, 3.8) is 0 Å². The number of benzene rings is 1. The van der Waals surface area contributed by atoms with Gasteiger partial charge in [-0.25, -0.2) is 9.59 Å². The number of aromatic nitrogens is 2. The molecule has 3 saturated carbocycles. The van der Waals surface area contributed by atoms with Gasteiger partial charge in [0.05, 0.1) is 11.2 Å². The normalized spacial score (nSPS) is 24.5. The lowest BCUT2D eigenvalue weighted by molar-refractivity contribution is -0.222. The first-order valence-electron chi connectivity index (χ1n) is 14.7. The van der Waals surface area contributed by atoms with E-state index in [0.717, 1.165) is 25.2 Å². The Labute approximate surface area is 241 Å². The molecular formula is C30H44N8O3. The lowest BCUT2D eigenvalue weighted by Crippen LogP contribution is -2.77. The molecule has 2 heterocycles. The van der Waals surface area contributed by atoms with Crippen LogP contribution < -0.4 is 22.5 Å². The van der Waals surface area contributed by atoms with Crippen LogP contribution >= 0.6 is 0 Å². The summed E-state index contributed by atoms with van der Waals surface area (Å²) in [6, 6.07) is 9.70. The number of amides is 3. The van der Waals surface area contributed by atoms with Gasteiger partial charge in [-0.05, 0) is 88.7 Å². The van der Waals surface area contributed by atoms with Gasteiger partial charge in [-0.15, -0.1) is 0 Å². The number of likely N-dealkylation sites (N-methyl/N-ethyl adjacent to an activating group) is 1. The molecule has 5 N–H and O–H groups in total. The SMILES string of the molecule is CCN(C(C)Cc1ccc(-n2ccc(NC(=O)N3CCN(C(=O)C(C)(C)N)CC3)nc2=O)cc1)C12CC(CN)(C1)C2. The molecule has 3 amide bonds. The summed E-state index contributed by atoms with van der Waals surface area (Å²) in [7, 11) is 0. The Balaban J connectivity index is 1.15. The van der Waals surface area contributed by atoms with Crippen molar-refractivity contribution in [1.82, 2.24) is 24.3 Å². The van der Waals surface area contributed by atoms with Gasteiger partial charge in [-0.1, -0.05) is 19.1 Å². The van der Waals surface area contributed by atoms with Gasteiger partial charge in [0.1, 0.15) is 5.82 Å². The molecule has 1 atom stereocenters. The van der Waals surface area contributed by atoms with Gasteiger partial charge in [0.2, 0.25) is 5.91 Å². The molecule has 1 saturated heterocycles. The number of hydrogen-bond acceptors (Lipinski definition) is 7. The monoisotopic (exact) mass is 564 g/mol. The average Bonchev–Trinajstić information content (AvgIpc) is 2.89. The second-order valence-electron chi connectivity index (χ2n) is 12.9. The summed E-state index contributed by atoms with van der Waals surface area (Å²) in [6.45, 7) is 11.3. The van der Waals surface area contributed by atoms with Crippen molar-refractivity contribution in [3.8, 4) is 5.69 Å². The predicted molar refractivity (Wildman–Crippen MR) is 159 cm³/mol. The van der Waals surface area contributed by atoms with Crippen LogP contribution in [0.1, 0.15) is 52.5 Å². The molecule has 1 aromatic carbocycles. The molecule has 6 rings (SSSR count). The number of anilines is 1. The van der Waals surface area contributed by atoms with Crippen LogP contribution in [0, 0.1) is 5.41 Å². The second kappa shape index (κ2) is 10.8. The zero-order valence-corrected chi connectivity index (χ0v) is 24.7. The van der Waals surface area contributed by atoms with Crippen molar-refractivity contribution in [2.45, 2.75) is 70.5 Å². The van der Waals surface area contributed by atoms with Crippen molar-refractivity contribution in [2.75, 3.05) is 44.6 Å². The van der Waals surface area contributed by atoms with Gasteiger partial charge in [0, 0.05) is 44.0 Å². The maximum atomic E-state index is 12.8. The molecule has 11 heteroatoms. The third kappa shape index (κ3) is 5.62. The summed E-state index contributed by atoms with van der Waals surface area (Å²) >= 11 is 0. The van der Waals surface area contributed by atoms with Gasteiger partial charge >= 0.3 is 11.7 Å². The summed E-state index contributed by atoms with van der Waals surface area (Å²) in [5, 5.41) is 2.71. The third-order valence-corrected chi connectivity index (χ3v) is 9.22. The number of carbonyl (C=O) groups excluding carboxylic acids is 2. The molecule has 4 aliphatic rings. The van der Waals surface area contributed by atoms with E-state index in [-0.39, 0.29) is 17.8 Å². The van der Waals surface area contributed by atoms with E-state index in [9.17, 15) is 14.4 Å². The fraction of sp³-hybridized carbons (Fsp3) is 0.600. The first-order valence-corrected chi connectivity index (χ1v) is 14.7. The van der Waals surface area contributed by atoms with Gasteiger partial charge in [0.15, 0.2) is 0 Å². The minimum absolute atomic E-state index is 0.140. The number of carbonyl (C=O) groups is 2. The molecule has 222 valence electrons. The van der Waals surface area contributed by atoms with Crippen LogP contribution in [0.5, 0.6) is 0 Å². The Kier molecular flexibility index (Phi) is 7.73. The highest BCUT2D eigenvalue weighted by molar-refractivity contribution is 5.89. The van der Waals surface area contributed by atoms with E-state index in [2.05, 4.69) is 41.2 Å². The van der Waals surface area contributed by atoms with Crippen LogP contribution in [0.4, 0.5) is 10.6 Å². The molecule has 0 spiro atoms. The van der Waals surface area contributed by atoms with E-state index in [1.54, 1.807) is 35.9 Å². The Bertz CT molecular complexity index is 1320. The highest BCUT2D eigenvalue weighted by Gasteiger charge is 2.69. The average molecular weight is 565 g/mol. The molecule has 2 aromatic rings. The maximum Gasteiger partial charge on any atom is 0.354 e. The number of nitrogens with one attached hydrogen (secondary N) is 1. The second-order valence-corrected chi connectivity index (χ2v) is 12.9. The highest BCUT2D eigenvalue weighted by atomic mass is 16.2. The highest BCUT2D eigenvalue weighted by Crippen LogP contribution is 2.69. The fourth-order valence-electron chi connectivity index (χ4n) is 7.20. The van der Waals surface area contributed by atoms with Gasteiger partial charge in [0.25, 0.3) is 0 Å². The van der Waals surface area contributed by atoms with Crippen molar-refractivity contribution in [3.05, 3.63) is 52.6 Å². The maximum absolute atomic E-state index is 12.8. The van der Waals surface area contributed by atoms with E-state index in [4.69, 9.17) is 11.5 Å². The van der Waals surface area contributed by atoms with Crippen LogP contribution in [-0.4, -0.2) is 92.6 Å². The van der Waals surface area contributed by atoms with E-state index in [1.165, 1.54) is 29.4 Å². The van der Waals surface area contributed by atoms with Gasteiger partial charge < -0.3 is 21.3 Å². The smallest absolute Gasteiger partial charge is 0.338 e. The van der Waals surface area contributed by atoms with Crippen molar-refractivity contribution in [2.24, 2.45) is 16.9 Å². The molecular weight excluding hydrogens is 520 g/mol. The molecule has 41 heavy (non-hydrogen) atoms. The lowest BCUT2D eigenvalue weighted by atomic mass is 9.38. The number of hydrogen-bond donors (Lipinski definition) is 3. The summed E-state index contributed by atoms with van der Waals surface area (Å²) in [5.41, 5.74) is 13.2. The Hall–Kier alpha value is -3.28. The van der Waals surface area contributed by atoms with Crippen molar-refractivity contribution >= 4 is 17.8 Å². The predicted octanol–water partition coefficient (Wildman–Crippen LogP) is 1.78. The quantitative estimate of drug-likeness (QED) is 0.421. The van der Waals surface area contributed by atoms with E-state index >= 15 is 0 Å². The van der Waals surface area contributed by atoms with E-state index in [0.29, 0.717) is 43.2 Å². The molecule has 1 unspecified atom stereocenters. The van der Waals surface area contributed by atoms with Crippen LogP contribution in [0.15, 0.2) is 41.3 Å². The van der Waals surface area contributed by atoms with Crippen LogP contribution in [0.2, 0.25) is 0 Å². The minimum Gasteiger partial charge on any atom is -0.338 e. The van der Waals surface area contributed by atoms with Crippen molar-refractivity contribution < 1.29 is 9.59 Å². The lowest BCUT2D eigenvalue weighted by Gasteiger charge is -2.75. The molecule has 2 bridgehead atoms. The fourth-order valence-corrected chi connectivity index (χ4v) is 7.20. The molecule has 1 aliphatic heterocycles. The van der Waals surface area contributed by atoms with Gasteiger partial charge in [-0.3, -0.25) is 19.6 Å². The molecule has 4 fully saturated rings. The largest absolute Gasteiger partial charge is 0.354 e. The Morgan fingerprint density at radius 2 is 1.68 bits per heavy atom. The minimum atomic E-state index is -0.947. The first kappa shape index (κ1) is 29.2. The van der Waals surface area contributed by atoms with Crippen LogP contribution in [0.25, 0.3) is 5.69 Å². The Morgan fingerprint density at radius 1 is 1.07 bits per heavy atom. The van der Waals surface area contributed by atoms with E-state index in [1.807, 2.05) is 12.1 Å². The zero-order chi connectivity index (χ0) is 29.6. The summed E-state index contributed by atoms with van der Waals surface area (Å²) in [6.07, 6.45) is 6.24. The molecule has 1 aromatic heterocycles. The standard InChI is InChI=1S/C30H44N8O3/c1-5-38(30-17-29(18-30,19-30)20-31)21(2)16-22-6-8-23(9-7-22)37-11-10-24(34-27(37)41)33-26(40)36-14-12-35(13-15-36)25(39)28(3,4)32/h6-11,21H,5,12-20,31-32H2,1-4H3,(H,33,34,40,41). The third-order valence-electron chi connectivity index (χ3n) is 9.22. The molecule has 11 nitrogen and oxygen atoms in total. The van der Waals surface area contributed by atoms with Crippen molar-refractivity contribution in [1.29, 1.82) is 0 Å². The first-order chi connectivity index (χ1) is 19.4. The molecule has 3 aliphatic carbocycles. The summed E-state index contributed by atoms with van der Waals surface area (Å²) < 4.78 is 1.47. The Morgan fingerprint density at radius 3 is 2.22 bits per heavy atom. The van der Waals surface area contributed by atoms with Crippen LogP contribution in [-0.2, 0) is 11.2 Å². The van der Waals surface area contributed by atoms with E-state index < -0.39 is 11.2 Å². The number of piperazine rings is 1. The number of urea groups is 1. The summed E-state index contributed by atoms with van der Waals surface area (Å²) in [4.78, 5) is 47.9. The molecule has 0 radical (unpaired) electrons. The zero-order valence-electron chi connectivity index (χ0n) is 24.7. The topological polar surface area (TPSA) is 143 Å². The number of nitrogens with two attached hydrogens (primary N) is 2. The number of rotatable bonds is 9.